The van der Waals surface area contributed by atoms with Gasteiger partial charge in [0.05, 0.1) is 12.1 Å². The van der Waals surface area contributed by atoms with Crippen molar-refractivity contribution in [2.45, 2.75) is 19.5 Å². The number of nitrogens with two attached hydrogens (primary N) is 1. The van der Waals surface area contributed by atoms with Crippen LogP contribution in [0.3, 0.4) is 0 Å². The zero-order valence-corrected chi connectivity index (χ0v) is 14.0. The van der Waals surface area contributed by atoms with E-state index in [-0.39, 0.29) is 5.91 Å². The van der Waals surface area contributed by atoms with Crippen LogP contribution in [0.5, 0.6) is 0 Å². The van der Waals surface area contributed by atoms with Crippen LogP contribution in [0.15, 0.2) is 35.7 Å². The fourth-order valence-corrected chi connectivity index (χ4v) is 3.46. The first-order valence-electron chi connectivity index (χ1n) is 7.92. The number of rotatable bonds is 5. The van der Waals surface area contributed by atoms with Crippen LogP contribution in [0, 0.1) is 0 Å². The molecule has 1 aliphatic rings. The Labute approximate surface area is 140 Å². The van der Waals surface area contributed by atoms with E-state index in [1.807, 2.05) is 16.3 Å². The molecule has 0 radical (unpaired) electrons. The molecule has 1 aromatic carbocycles. The summed E-state index contributed by atoms with van der Waals surface area (Å²) in [5, 5.41) is 2.83. The lowest BCUT2D eigenvalue weighted by Crippen LogP contribution is -2.48. The smallest absolute Gasteiger partial charge is 0.228 e. The minimum atomic E-state index is 0.165. The minimum Gasteiger partial charge on any atom is -0.340 e. The van der Waals surface area contributed by atoms with Crippen LogP contribution in [-0.4, -0.2) is 46.9 Å². The highest BCUT2D eigenvalue weighted by atomic mass is 32.1. The zero-order chi connectivity index (χ0) is 16.1. The topological polar surface area (TPSA) is 62.5 Å². The Morgan fingerprint density at radius 2 is 1.91 bits per heavy atom. The van der Waals surface area contributed by atoms with Gasteiger partial charge in [0.1, 0.15) is 5.01 Å². The van der Waals surface area contributed by atoms with Crippen LogP contribution in [-0.2, 0) is 24.3 Å². The molecule has 2 heterocycles. The van der Waals surface area contributed by atoms with Crippen molar-refractivity contribution in [1.29, 1.82) is 0 Å². The van der Waals surface area contributed by atoms with Gasteiger partial charge >= 0.3 is 0 Å². The van der Waals surface area contributed by atoms with Gasteiger partial charge in [0.15, 0.2) is 0 Å². The SMILES string of the molecule is NCc1nc(CC(=O)N2CCN(Cc3ccccc3)CC2)cs1. The van der Waals surface area contributed by atoms with Gasteiger partial charge < -0.3 is 10.6 Å². The van der Waals surface area contributed by atoms with Gasteiger partial charge in [-0.15, -0.1) is 11.3 Å². The summed E-state index contributed by atoms with van der Waals surface area (Å²) >= 11 is 1.52. The molecule has 1 amide bonds. The van der Waals surface area contributed by atoms with E-state index in [9.17, 15) is 4.79 Å². The maximum atomic E-state index is 12.4. The van der Waals surface area contributed by atoms with Gasteiger partial charge in [0.25, 0.3) is 0 Å². The number of benzene rings is 1. The van der Waals surface area contributed by atoms with Crippen molar-refractivity contribution < 1.29 is 4.79 Å². The third-order valence-corrected chi connectivity index (χ3v) is 5.00. The lowest BCUT2D eigenvalue weighted by molar-refractivity contribution is -0.132. The summed E-state index contributed by atoms with van der Waals surface area (Å²) in [4.78, 5) is 21.1. The van der Waals surface area contributed by atoms with E-state index < -0.39 is 0 Å². The lowest BCUT2D eigenvalue weighted by atomic mass is 10.2. The maximum Gasteiger partial charge on any atom is 0.228 e. The molecule has 1 fully saturated rings. The van der Waals surface area contributed by atoms with Gasteiger partial charge in [-0.3, -0.25) is 9.69 Å². The second-order valence-electron chi connectivity index (χ2n) is 5.76. The van der Waals surface area contributed by atoms with Gasteiger partial charge in [-0.1, -0.05) is 30.3 Å². The van der Waals surface area contributed by atoms with E-state index in [0.717, 1.165) is 43.4 Å². The van der Waals surface area contributed by atoms with Crippen molar-refractivity contribution in [3.63, 3.8) is 0 Å². The summed E-state index contributed by atoms with van der Waals surface area (Å²) in [6.45, 7) is 4.82. The molecule has 0 aliphatic carbocycles. The molecule has 1 aromatic heterocycles. The molecule has 1 aliphatic heterocycles. The van der Waals surface area contributed by atoms with Gasteiger partial charge in [0.2, 0.25) is 5.91 Å². The van der Waals surface area contributed by atoms with Crippen LogP contribution >= 0.6 is 11.3 Å². The Morgan fingerprint density at radius 1 is 1.17 bits per heavy atom. The summed E-state index contributed by atoms with van der Waals surface area (Å²) in [5.74, 6) is 0.165. The Morgan fingerprint density at radius 3 is 2.57 bits per heavy atom. The van der Waals surface area contributed by atoms with Crippen molar-refractivity contribution in [1.82, 2.24) is 14.8 Å². The van der Waals surface area contributed by atoms with Crippen LogP contribution in [0.4, 0.5) is 0 Å². The molecule has 2 aromatic rings. The Bertz CT molecular complexity index is 635. The molecule has 122 valence electrons. The molecule has 3 rings (SSSR count). The Balaban J connectivity index is 1.47. The van der Waals surface area contributed by atoms with Crippen molar-refractivity contribution >= 4 is 17.2 Å². The first-order chi connectivity index (χ1) is 11.2. The summed E-state index contributed by atoms with van der Waals surface area (Å²) in [6, 6.07) is 10.5. The van der Waals surface area contributed by atoms with E-state index in [0.29, 0.717) is 13.0 Å². The van der Waals surface area contributed by atoms with E-state index in [4.69, 9.17) is 5.73 Å². The van der Waals surface area contributed by atoms with Crippen molar-refractivity contribution in [2.24, 2.45) is 5.73 Å². The molecule has 0 unspecified atom stereocenters. The average Bonchev–Trinajstić information content (AvgIpc) is 3.04. The number of carbonyl (C=O) groups excluding carboxylic acids is 1. The van der Waals surface area contributed by atoms with Gasteiger partial charge in [-0.2, -0.15) is 0 Å². The Hall–Kier alpha value is -1.76. The van der Waals surface area contributed by atoms with Crippen LogP contribution < -0.4 is 5.73 Å². The molecule has 23 heavy (non-hydrogen) atoms. The fourth-order valence-electron chi connectivity index (χ4n) is 2.79. The van der Waals surface area contributed by atoms with E-state index in [2.05, 4.69) is 34.1 Å². The minimum absolute atomic E-state index is 0.165. The predicted octanol–water partition coefficient (Wildman–Crippen LogP) is 1.49. The molecule has 0 atom stereocenters. The normalized spacial score (nSPS) is 15.8. The van der Waals surface area contributed by atoms with Crippen molar-refractivity contribution in [3.8, 4) is 0 Å². The van der Waals surface area contributed by atoms with Gasteiger partial charge in [0, 0.05) is 44.6 Å². The predicted molar refractivity (Wildman–Crippen MR) is 92.0 cm³/mol. The average molecular weight is 330 g/mol. The number of nitrogens with zero attached hydrogens (tertiary/aromatic N) is 3. The maximum absolute atomic E-state index is 12.4. The molecule has 1 saturated heterocycles. The largest absolute Gasteiger partial charge is 0.340 e. The van der Waals surface area contributed by atoms with Crippen LogP contribution in [0.25, 0.3) is 0 Å². The molecule has 0 saturated carbocycles. The lowest BCUT2D eigenvalue weighted by Gasteiger charge is -2.34. The number of carbonyl (C=O) groups is 1. The molecule has 6 heteroatoms. The van der Waals surface area contributed by atoms with Crippen molar-refractivity contribution in [3.05, 3.63) is 52.0 Å². The number of piperazine rings is 1. The van der Waals surface area contributed by atoms with Gasteiger partial charge in [-0.05, 0) is 5.56 Å². The van der Waals surface area contributed by atoms with Crippen LogP contribution in [0.2, 0.25) is 0 Å². The number of hydrogen-bond donors (Lipinski definition) is 1. The van der Waals surface area contributed by atoms with Crippen molar-refractivity contribution in [2.75, 3.05) is 26.2 Å². The highest BCUT2D eigenvalue weighted by Gasteiger charge is 2.21. The van der Waals surface area contributed by atoms with Gasteiger partial charge in [-0.25, -0.2) is 4.98 Å². The number of aromatic nitrogens is 1. The quantitative estimate of drug-likeness (QED) is 0.902. The second kappa shape index (κ2) is 7.68. The fraction of sp³-hybridized carbons (Fsp3) is 0.412. The molecular formula is C17H22N4OS. The van der Waals surface area contributed by atoms with E-state index in [1.54, 1.807) is 0 Å². The number of thiazole rings is 1. The summed E-state index contributed by atoms with van der Waals surface area (Å²) in [6.07, 6.45) is 0.384. The first-order valence-corrected chi connectivity index (χ1v) is 8.80. The molecule has 5 nitrogen and oxygen atoms in total. The number of amides is 1. The standard InChI is InChI=1S/C17H22N4OS/c18-11-16-19-15(13-23-16)10-17(22)21-8-6-20(7-9-21)12-14-4-2-1-3-5-14/h1-5,13H,6-12,18H2. The molecular weight excluding hydrogens is 308 g/mol. The third-order valence-electron chi connectivity index (χ3n) is 4.08. The van der Waals surface area contributed by atoms with Crippen LogP contribution in [0.1, 0.15) is 16.3 Å². The van der Waals surface area contributed by atoms with E-state index >= 15 is 0 Å². The monoisotopic (exact) mass is 330 g/mol. The molecule has 0 bridgehead atoms. The Kier molecular flexibility index (Phi) is 5.38. The third kappa shape index (κ3) is 4.37. The highest BCUT2D eigenvalue weighted by molar-refractivity contribution is 7.09. The summed E-state index contributed by atoms with van der Waals surface area (Å²) < 4.78 is 0. The molecule has 0 spiro atoms. The first kappa shape index (κ1) is 16.1. The second-order valence-corrected chi connectivity index (χ2v) is 6.70. The summed E-state index contributed by atoms with van der Waals surface area (Å²) in [7, 11) is 0. The summed E-state index contributed by atoms with van der Waals surface area (Å²) in [5.41, 5.74) is 7.73. The zero-order valence-electron chi connectivity index (χ0n) is 13.1. The number of hydrogen-bond acceptors (Lipinski definition) is 5. The highest BCUT2D eigenvalue weighted by Crippen LogP contribution is 2.12. The van der Waals surface area contributed by atoms with E-state index in [1.165, 1.54) is 16.9 Å². The molecule has 2 N–H and O–H groups in total.